The van der Waals surface area contributed by atoms with E-state index in [0.717, 1.165) is 61.1 Å². The summed E-state index contributed by atoms with van der Waals surface area (Å²) in [6.07, 6.45) is 11.8. The highest BCUT2D eigenvalue weighted by molar-refractivity contribution is 5.93. The van der Waals surface area contributed by atoms with E-state index in [-0.39, 0.29) is 5.91 Å². The maximum absolute atomic E-state index is 13.0. The van der Waals surface area contributed by atoms with Crippen LogP contribution in [0.4, 0.5) is 5.95 Å². The summed E-state index contributed by atoms with van der Waals surface area (Å²) in [5.41, 5.74) is 4.32. The van der Waals surface area contributed by atoms with Gasteiger partial charge in [-0.1, -0.05) is 0 Å². The molecule has 1 saturated heterocycles. The van der Waals surface area contributed by atoms with Gasteiger partial charge in [-0.2, -0.15) is 0 Å². The molecule has 2 fully saturated rings. The number of hydrogen-bond donors (Lipinski definition) is 1. The van der Waals surface area contributed by atoms with Crippen molar-refractivity contribution in [3.05, 3.63) is 48.7 Å². The van der Waals surface area contributed by atoms with Crippen molar-refractivity contribution in [2.75, 3.05) is 32.5 Å². The molecule has 4 aromatic heterocycles. The molecule has 1 saturated carbocycles. The largest absolute Gasteiger partial charge is 0.350 e. The molecule has 170 valence electrons. The average molecular weight is 445 g/mol. The van der Waals surface area contributed by atoms with Crippen LogP contribution in [0.5, 0.6) is 0 Å². The van der Waals surface area contributed by atoms with Crippen LogP contribution in [-0.4, -0.2) is 79.0 Å². The van der Waals surface area contributed by atoms with Gasteiger partial charge in [0.05, 0.1) is 17.9 Å². The van der Waals surface area contributed by atoms with E-state index in [1.807, 2.05) is 50.6 Å². The third-order valence-electron chi connectivity index (χ3n) is 7.02. The fourth-order valence-electron chi connectivity index (χ4n) is 4.90. The Hall–Kier alpha value is -3.46. The number of imidazole rings is 1. The van der Waals surface area contributed by atoms with Crippen molar-refractivity contribution in [2.45, 2.75) is 37.8 Å². The summed E-state index contributed by atoms with van der Waals surface area (Å²) in [6.45, 7) is 1.64. The molecule has 6 rings (SSSR count). The van der Waals surface area contributed by atoms with Crippen molar-refractivity contribution >= 4 is 23.0 Å². The van der Waals surface area contributed by atoms with Gasteiger partial charge in [-0.05, 0) is 58.0 Å². The van der Waals surface area contributed by atoms with Crippen molar-refractivity contribution < 1.29 is 4.79 Å². The van der Waals surface area contributed by atoms with Crippen molar-refractivity contribution in [3.8, 4) is 11.1 Å². The Balaban J connectivity index is 1.28. The number of aromatic nitrogens is 5. The second-order valence-corrected chi connectivity index (χ2v) is 9.36. The third kappa shape index (κ3) is 3.52. The number of likely N-dealkylation sites (tertiary alicyclic amines) is 1. The van der Waals surface area contributed by atoms with E-state index in [0.29, 0.717) is 23.7 Å². The predicted molar refractivity (Wildman–Crippen MR) is 126 cm³/mol. The van der Waals surface area contributed by atoms with Crippen molar-refractivity contribution in [1.82, 2.24) is 33.8 Å². The molecular weight excluding hydrogens is 416 g/mol. The minimum absolute atomic E-state index is 0.0467. The van der Waals surface area contributed by atoms with Crippen molar-refractivity contribution in [3.63, 3.8) is 0 Å². The molecule has 1 aliphatic carbocycles. The Labute approximate surface area is 192 Å². The van der Waals surface area contributed by atoms with Crippen LogP contribution in [0.25, 0.3) is 22.3 Å². The Morgan fingerprint density at radius 1 is 1.09 bits per heavy atom. The normalized spacial score (nSPS) is 20.6. The molecule has 2 aliphatic rings. The number of hydrogen-bond acceptors (Lipinski definition) is 6. The van der Waals surface area contributed by atoms with E-state index >= 15 is 0 Å². The summed E-state index contributed by atoms with van der Waals surface area (Å²) < 4.78 is 3.76. The summed E-state index contributed by atoms with van der Waals surface area (Å²) in [6, 6.07) is 7.07. The summed E-state index contributed by atoms with van der Waals surface area (Å²) in [7, 11) is 4.24. The molecule has 0 spiro atoms. The standard InChI is InChI=1S/C24H28N8O/c1-29(2)18-11-17(12-18)27-24-26-13-20-19(7-10-32(20)28-24)16-5-6-22-25-14-21(31(22)15-16)23(33)30-8-3-4-9-30/h5-7,10,13-15,17-18H,3-4,8-9,11-12H2,1-2H3,(H,27,28)/t17-,18+. The highest BCUT2D eigenvalue weighted by atomic mass is 16.2. The predicted octanol–water partition coefficient (Wildman–Crippen LogP) is 2.78. The Morgan fingerprint density at radius 2 is 1.91 bits per heavy atom. The third-order valence-corrected chi connectivity index (χ3v) is 7.02. The lowest BCUT2D eigenvalue weighted by Crippen LogP contribution is -2.47. The second kappa shape index (κ2) is 7.84. The number of rotatable bonds is 5. The average Bonchev–Trinajstić information content (AvgIpc) is 3.54. The SMILES string of the molecule is CN(C)[C@H]1C[C@@H](Nc2ncc3c(-c4ccc5ncc(C(=O)N6CCCC6)n5c4)ccn3n2)C1. The monoisotopic (exact) mass is 444 g/mol. The first-order chi connectivity index (χ1) is 16.1. The zero-order valence-electron chi connectivity index (χ0n) is 19.0. The number of carbonyl (C=O) groups excluding carboxylic acids is 1. The molecule has 0 bridgehead atoms. The maximum atomic E-state index is 13.0. The number of anilines is 1. The van der Waals surface area contributed by atoms with E-state index in [1.54, 1.807) is 6.20 Å². The van der Waals surface area contributed by atoms with Crippen LogP contribution in [-0.2, 0) is 0 Å². The first kappa shape index (κ1) is 20.2. The van der Waals surface area contributed by atoms with Gasteiger partial charge in [-0.15, -0.1) is 5.10 Å². The van der Waals surface area contributed by atoms with Crippen LogP contribution >= 0.6 is 0 Å². The molecule has 33 heavy (non-hydrogen) atoms. The number of pyridine rings is 1. The zero-order chi connectivity index (χ0) is 22.5. The molecule has 0 radical (unpaired) electrons. The van der Waals surface area contributed by atoms with Crippen LogP contribution in [0.3, 0.4) is 0 Å². The van der Waals surface area contributed by atoms with Crippen LogP contribution in [0.2, 0.25) is 0 Å². The van der Waals surface area contributed by atoms with E-state index in [2.05, 4.69) is 39.4 Å². The molecule has 0 unspecified atom stereocenters. The quantitative estimate of drug-likeness (QED) is 0.510. The van der Waals surface area contributed by atoms with Crippen LogP contribution < -0.4 is 5.32 Å². The summed E-state index contributed by atoms with van der Waals surface area (Å²) in [5.74, 6) is 0.695. The molecule has 4 aromatic rings. The number of nitrogens with zero attached hydrogens (tertiary/aromatic N) is 7. The molecule has 9 nitrogen and oxygen atoms in total. The molecular formula is C24H28N8O. The first-order valence-electron chi connectivity index (χ1n) is 11.6. The highest BCUT2D eigenvalue weighted by Gasteiger charge is 2.31. The van der Waals surface area contributed by atoms with E-state index in [1.165, 1.54) is 0 Å². The van der Waals surface area contributed by atoms with Crippen LogP contribution in [0.1, 0.15) is 36.2 Å². The fourth-order valence-corrected chi connectivity index (χ4v) is 4.90. The molecule has 1 N–H and O–H groups in total. The topological polar surface area (TPSA) is 83.1 Å². The van der Waals surface area contributed by atoms with E-state index in [9.17, 15) is 4.79 Å². The Bertz CT molecular complexity index is 1330. The van der Waals surface area contributed by atoms with Gasteiger partial charge in [0.15, 0.2) is 0 Å². The second-order valence-electron chi connectivity index (χ2n) is 9.36. The molecule has 1 aliphatic heterocycles. The van der Waals surface area contributed by atoms with Gasteiger partial charge < -0.3 is 15.1 Å². The summed E-state index contributed by atoms with van der Waals surface area (Å²) >= 11 is 0. The van der Waals surface area contributed by atoms with Crippen LogP contribution in [0, 0.1) is 0 Å². The first-order valence-corrected chi connectivity index (χ1v) is 11.6. The lowest BCUT2D eigenvalue weighted by Gasteiger charge is -2.39. The lowest BCUT2D eigenvalue weighted by atomic mass is 9.86. The highest BCUT2D eigenvalue weighted by Crippen LogP contribution is 2.28. The summed E-state index contributed by atoms with van der Waals surface area (Å²) in [4.78, 5) is 26.2. The van der Waals surface area contributed by atoms with Gasteiger partial charge in [0.25, 0.3) is 5.91 Å². The molecule has 0 atom stereocenters. The summed E-state index contributed by atoms with van der Waals surface area (Å²) in [5, 5.41) is 8.11. The zero-order valence-corrected chi connectivity index (χ0v) is 19.0. The molecule has 9 heteroatoms. The van der Waals surface area contributed by atoms with Crippen LogP contribution in [0.15, 0.2) is 43.0 Å². The van der Waals surface area contributed by atoms with Gasteiger partial charge >= 0.3 is 0 Å². The molecule has 0 aromatic carbocycles. The fraction of sp³-hybridized carbons (Fsp3) is 0.417. The number of nitrogens with one attached hydrogen (secondary N) is 1. The molecule has 1 amide bonds. The Morgan fingerprint density at radius 3 is 2.70 bits per heavy atom. The Kier molecular flexibility index (Phi) is 4.79. The van der Waals surface area contributed by atoms with Gasteiger partial charge in [0, 0.05) is 48.7 Å². The van der Waals surface area contributed by atoms with Gasteiger partial charge in [0.2, 0.25) is 5.95 Å². The number of carbonyl (C=O) groups is 1. The smallest absolute Gasteiger partial charge is 0.272 e. The van der Waals surface area contributed by atoms with Crippen molar-refractivity contribution in [1.29, 1.82) is 0 Å². The van der Waals surface area contributed by atoms with Gasteiger partial charge in [0.1, 0.15) is 11.3 Å². The van der Waals surface area contributed by atoms with E-state index in [4.69, 9.17) is 0 Å². The van der Waals surface area contributed by atoms with E-state index < -0.39 is 0 Å². The molecule has 5 heterocycles. The lowest BCUT2D eigenvalue weighted by molar-refractivity contribution is 0.0786. The number of fused-ring (bicyclic) bond motifs is 2. The maximum Gasteiger partial charge on any atom is 0.272 e. The minimum atomic E-state index is 0.0467. The minimum Gasteiger partial charge on any atom is -0.350 e. The van der Waals surface area contributed by atoms with Gasteiger partial charge in [-0.25, -0.2) is 14.5 Å². The van der Waals surface area contributed by atoms with Gasteiger partial charge in [-0.3, -0.25) is 9.20 Å². The number of amides is 1. The van der Waals surface area contributed by atoms with Crippen molar-refractivity contribution in [2.24, 2.45) is 0 Å².